The Bertz CT molecular complexity index is 575. The lowest BCUT2D eigenvalue weighted by Crippen LogP contribution is -2.18. The number of aromatic nitrogens is 1. The fraction of sp³-hybridized carbons (Fsp3) is 0.438. The predicted octanol–water partition coefficient (Wildman–Crippen LogP) is 3.34. The maximum Gasteiger partial charge on any atom is 0.185 e. The summed E-state index contributed by atoms with van der Waals surface area (Å²) in [6, 6.07) is 9.28. The molecule has 0 radical (unpaired) electrons. The van der Waals surface area contributed by atoms with Gasteiger partial charge in [0, 0.05) is 31.6 Å². The maximum absolute atomic E-state index is 4.72. The maximum atomic E-state index is 4.72. The second-order valence-corrected chi connectivity index (χ2v) is 6.40. The lowest BCUT2D eigenvalue weighted by Gasteiger charge is -2.17. The summed E-state index contributed by atoms with van der Waals surface area (Å²) in [4.78, 5) is 6.95. The SMILES string of the molecule is Cc1ccccc1CN(C)c1nc(CNC2CC2)cs1. The minimum Gasteiger partial charge on any atom is -0.347 e. The second kappa shape index (κ2) is 5.94. The van der Waals surface area contributed by atoms with Gasteiger partial charge < -0.3 is 10.2 Å². The van der Waals surface area contributed by atoms with Crippen molar-refractivity contribution in [2.75, 3.05) is 11.9 Å². The predicted molar refractivity (Wildman–Crippen MR) is 85.3 cm³/mol. The molecule has 1 aromatic carbocycles. The zero-order chi connectivity index (χ0) is 13.9. The van der Waals surface area contributed by atoms with Gasteiger partial charge in [-0.15, -0.1) is 11.3 Å². The smallest absolute Gasteiger partial charge is 0.185 e. The molecule has 1 aromatic heterocycles. The van der Waals surface area contributed by atoms with Gasteiger partial charge in [-0.1, -0.05) is 24.3 Å². The highest BCUT2D eigenvalue weighted by Crippen LogP contribution is 2.23. The highest BCUT2D eigenvalue weighted by Gasteiger charge is 2.20. The van der Waals surface area contributed by atoms with E-state index >= 15 is 0 Å². The van der Waals surface area contributed by atoms with Gasteiger partial charge in [0.2, 0.25) is 0 Å². The Hall–Kier alpha value is -1.39. The molecule has 0 saturated heterocycles. The van der Waals surface area contributed by atoms with Crippen LogP contribution in [-0.2, 0) is 13.1 Å². The van der Waals surface area contributed by atoms with E-state index in [-0.39, 0.29) is 0 Å². The van der Waals surface area contributed by atoms with E-state index < -0.39 is 0 Å². The number of rotatable bonds is 6. The number of nitrogens with zero attached hydrogens (tertiary/aromatic N) is 2. The summed E-state index contributed by atoms with van der Waals surface area (Å²) in [5.74, 6) is 0. The molecule has 3 nitrogen and oxygen atoms in total. The average Bonchev–Trinajstić information content (AvgIpc) is 3.15. The molecule has 1 saturated carbocycles. The molecule has 20 heavy (non-hydrogen) atoms. The monoisotopic (exact) mass is 287 g/mol. The van der Waals surface area contributed by atoms with Crippen molar-refractivity contribution in [1.82, 2.24) is 10.3 Å². The fourth-order valence-corrected chi connectivity index (χ4v) is 2.99. The van der Waals surface area contributed by atoms with Crippen LogP contribution in [0, 0.1) is 6.92 Å². The Kier molecular flexibility index (Phi) is 4.03. The molecule has 2 aromatic rings. The summed E-state index contributed by atoms with van der Waals surface area (Å²) in [6.07, 6.45) is 2.65. The van der Waals surface area contributed by atoms with Crippen molar-refractivity contribution in [3.05, 3.63) is 46.5 Å². The van der Waals surface area contributed by atoms with E-state index in [1.165, 1.54) is 24.0 Å². The summed E-state index contributed by atoms with van der Waals surface area (Å²) in [5.41, 5.74) is 3.86. The number of nitrogens with one attached hydrogen (secondary N) is 1. The highest BCUT2D eigenvalue weighted by molar-refractivity contribution is 7.13. The Balaban J connectivity index is 1.61. The normalized spacial score (nSPS) is 14.5. The van der Waals surface area contributed by atoms with Gasteiger partial charge in [0.15, 0.2) is 5.13 Å². The third kappa shape index (κ3) is 3.38. The molecular weight excluding hydrogens is 266 g/mol. The van der Waals surface area contributed by atoms with Crippen LogP contribution in [0.3, 0.4) is 0 Å². The summed E-state index contributed by atoms with van der Waals surface area (Å²) in [5, 5.41) is 6.77. The van der Waals surface area contributed by atoms with Gasteiger partial charge in [0.05, 0.1) is 5.69 Å². The fourth-order valence-electron chi connectivity index (χ4n) is 2.20. The number of benzene rings is 1. The van der Waals surface area contributed by atoms with Crippen molar-refractivity contribution in [3.63, 3.8) is 0 Å². The van der Waals surface area contributed by atoms with E-state index in [9.17, 15) is 0 Å². The first-order chi connectivity index (χ1) is 9.72. The first-order valence-corrected chi connectivity index (χ1v) is 8.04. The molecule has 3 rings (SSSR count). The van der Waals surface area contributed by atoms with E-state index in [0.29, 0.717) is 0 Å². The molecule has 0 atom stereocenters. The van der Waals surface area contributed by atoms with Crippen molar-refractivity contribution >= 4 is 16.5 Å². The molecule has 0 spiro atoms. The zero-order valence-electron chi connectivity index (χ0n) is 12.1. The molecule has 0 unspecified atom stereocenters. The minimum atomic E-state index is 0.741. The van der Waals surface area contributed by atoms with Crippen LogP contribution >= 0.6 is 11.3 Å². The van der Waals surface area contributed by atoms with Gasteiger partial charge in [-0.05, 0) is 30.9 Å². The van der Waals surface area contributed by atoms with Crippen LogP contribution in [0.2, 0.25) is 0 Å². The van der Waals surface area contributed by atoms with Crippen LogP contribution in [-0.4, -0.2) is 18.1 Å². The van der Waals surface area contributed by atoms with Gasteiger partial charge in [-0.3, -0.25) is 0 Å². The van der Waals surface area contributed by atoms with E-state index in [1.807, 2.05) is 0 Å². The summed E-state index contributed by atoms with van der Waals surface area (Å²) < 4.78 is 0. The summed E-state index contributed by atoms with van der Waals surface area (Å²) in [6.45, 7) is 3.98. The molecule has 1 N–H and O–H groups in total. The van der Waals surface area contributed by atoms with Crippen molar-refractivity contribution in [3.8, 4) is 0 Å². The first-order valence-electron chi connectivity index (χ1n) is 7.16. The van der Waals surface area contributed by atoms with E-state index in [1.54, 1.807) is 11.3 Å². The van der Waals surface area contributed by atoms with Crippen LogP contribution in [0.25, 0.3) is 0 Å². The van der Waals surface area contributed by atoms with E-state index in [4.69, 9.17) is 4.98 Å². The number of anilines is 1. The lowest BCUT2D eigenvalue weighted by atomic mass is 10.1. The minimum absolute atomic E-state index is 0.741. The molecule has 1 aliphatic carbocycles. The molecule has 1 fully saturated rings. The van der Waals surface area contributed by atoms with Crippen LogP contribution in [0.15, 0.2) is 29.6 Å². The Morgan fingerprint density at radius 1 is 1.35 bits per heavy atom. The van der Waals surface area contributed by atoms with Crippen molar-refractivity contribution in [2.45, 2.75) is 38.9 Å². The van der Waals surface area contributed by atoms with Gasteiger partial charge >= 0.3 is 0 Å². The molecular formula is C16H21N3S. The third-order valence-electron chi connectivity index (χ3n) is 3.68. The Morgan fingerprint density at radius 2 is 2.15 bits per heavy atom. The molecule has 1 aliphatic rings. The highest BCUT2D eigenvalue weighted by atomic mass is 32.1. The molecule has 4 heteroatoms. The Labute approximate surface area is 124 Å². The van der Waals surface area contributed by atoms with Crippen LogP contribution in [0.1, 0.15) is 29.7 Å². The molecule has 0 bridgehead atoms. The molecule has 106 valence electrons. The largest absolute Gasteiger partial charge is 0.347 e. The van der Waals surface area contributed by atoms with Gasteiger partial charge in [0.1, 0.15) is 0 Å². The third-order valence-corrected chi connectivity index (χ3v) is 4.69. The zero-order valence-corrected chi connectivity index (χ0v) is 12.9. The second-order valence-electron chi connectivity index (χ2n) is 5.56. The summed E-state index contributed by atoms with van der Waals surface area (Å²) in [7, 11) is 2.11. The van der Waals surface area contributed by atoms with Crippen LogP contribution in [0.4, 0.5) is 5.13 Å². The lowest BCUT2D eigenvalue weighted by molar-refractivity contribution is 0.676. The van der Waals surface area contributed by atoms with Gasteiger partial charge in [-0.25, -0.2) is 4.98 Å². The van der Waals surface area contributed by atoms with Crippen LogP contribution in [0.5, 0.6) is 0 Å². The quantitative estimate of drug-likeness (QED) is 0.883. The van der Waals surface area contributed by atoms with Crippen molar-refractivity contribution in [1.29, 1.82) is 0 Å². The molecule has 1 heterocycles. The molecule has 0 aliphatic heterocycles. The van der Waals surface area contributed by atoms with Crippen LogP contribution < -0.4 is 10.2 Å². The van der Waals surface area contributed by atoms with Crippen molar-refractivity contribution < 1.29 is 0 Å². The average molecular weight is 287 g/mol. The van der Waals surface area contributed by atoms with Gasteiger partial charge in [-0.2, -0.15) is 0 Å². The Morgan fingerprint density at radius 3 is 2.90 bits per heavy atom. The van der Waals surface area contributed by atoms with Crippen molar-refractivity contribution in [2.24, 2.45) is 0 Å². The summed E-state index contributed by atoms with van der Waals surface area (Å²) >= 11 is 1.73. The number of hydrogen-bond acceptors (Lipinski definition) is 4. The number of thiazole rings is 1. The van der Waals surface area contributed by atoms with Gasteiger partial charge in [0.25, 0.3) is 0 Å². The first kappa shape index (κ1) is 13.6. The topological polar surface area (TPSA) is 28.2 Å². The van der Waals surface area contributed by atoms with E-state index in [2.05, 4.69) is 53.8 Å². The number of hydrogen-bond donors (Lipinski definition) is 1. The number of aryl methyl sites for hydroxylation is 1. The molecule has 0 amide bonds. The van der Waals surface area contributed by atoms with E-state index in [0.717, 1.165) is 30.0 Å². The standard InChI is InChI=1S/C16H21N3S/c1-12-5-3-4-6-13(12)10-19(2)16-18-15(11-20-16)9-17-14-7-8-14/h3-6,11,14,17H,7-10H2,1-2H3.